The zero-order valence-corrected chi connectivity index (χ0v) is 10.6. The molecule has 0 amide bonds. The highest BCUT2D eigenvalue weighted by Gasteiger charge is 2.28. The van der Waals surface area contributed by atoms with Gasteiger partial charge in [0.2, 0.25) is 0 Å². The Morgan fingerprint density at radius 2 is 2.31 bits per heavy atom. The first kappa shape index (κ1) is 11.6. The Labute approximate surface area is 102 Å². The van der Waals surface area contributed by atoms with Crippen molar-refractivity contribution in [1.82, 2.24) is 9.97 Å². The lowest BCUT2D eigenvalue weighted by Crippen LogP contribution is -2.32. The van der Waals surface area contributed by atoms with Crippen molar-refractivity contribution < 1.29 is 0 Å². The number of nitrogens with zero attached hydrogens (tertiary/aromatic N) is 2. The SMILES string of the molecule is CC1(C)CCCC(Nc2ncncc2Cl)C1. The molecule has 0 aliphatic heterocycles. The number of halogens is 1. The van der Waals surface area contributed by atoms with Crippen molar-refractivity contribution in [2.75, 3.05) is 5.32 Å². The van der Waals surface area contributed by atoms with E-state index >= 15 is 0 Å². The molecule has 1 unspecified atom stereocenters. The molecule has 16 heavy (non-hydrogen) atoms. The van der Waals surface area contributed by atoms with Crippen LogP contribution >= 0.6 is 11.6 Å². The molecule has 88 valence electrons. The molecule has 1 aromatic heterocycles. The fraction of sp³-hybridized carbons (Fsp3) is 0.667. The van der Waals surface area contributed by atoms with Gasteiger partial charge < -0.3 is 5.32 Å². The minimum atomic E-state index is 0.426. The third-order valence-electron chi connectivity index (χ3n) is 3.21. The summed E-state index contributed by atoms with van der Waals surface area (Å²) in [5.41, 5.74) is 0.426. The number of anilines is 1. The molecule has 1 fully saturated rings. The molecule has 1 aromatic rings. The average Bonchev–Trinajstić information content (AvgIpc) is 2.20. The Morgan fingerprint density at radius 3 is 3.00 bits per heavy atom. The van der Waals surface area contributed by atoms with Crippen molar-refractivity contribution in [3.05, 3.63) is 17.5 Å². The van der Waals surface area contributed by atoms with Crippen molar-refractivity contribution >= 4 is 17.4 Å². The summed E-state index contributed by atoms with van der Waals surface area (Å²) in [7, 11) is 0. The van der Waals surface area contributed by atoms with Gasteiger partial charge >= 0.3 is 0 Å². The van der Waals surface area contributed by atoms with Crippen molar-refractivity contribution in [3.8, 4) is 0 Å². The standard InChI is InChI=1S/C12H18ClN3/c1-12(2)5-3-4-9(6-12)16-11-10(13)7-14-8-15-11/h7-9H,3-6H2,1-2H3,(H,14,15,16). The average molecular weight is 240 g/mol. The maximum Gasteiger partial charge on any atom is 0.148 e. The van der Waals surface area contributed by atoms with Gasteiger partial charge in [-0.3, -0.25) is 0 Å². The van der Waals surface area contributed by atoms with Crippen LogP contribution in [0.1, 0.15) is 39.5 Å². The largest absolute Gasteiger partial charge is 0.366 e. The van der Waals surface area contributed by atoms with Crippen LogP contribution in [0.4, 0.5) is 5.82 Å². The van der Waals surface area contributed by atoms with E-state index in [1.165, 1.54) is 32.0 Å². The zero-order valence-electron chi connectivity index (χ0n) is 9.83. The van der Waals surface area contributed by atoms with Gasteiger partial charge in [-0.1, -0.05) is 31.9 Å². The van der Waals surface area contributed by atoms with Crippen LogP contribution in [0.5, 0.6) is 0 Å². The molecule has 0 bridgehead atoms. The predicted octanol–water partition coefficient (Wildman–Crippen LogP) is 3.51. The van der Waals surface area contributed by atoms with E-state index in [0.29, 0.717) is 16.5 Å². The third-order valence-corrected chi connectivity index (χ3v) is 3.49. The quantitative estimate of drug-likeness (QED) is 0.858. The van der Waals surface area contributed by atoms with E-state index in [4.69, 9.17) is 11.6 Å². The van der Waals surface area contributed by atoms with E-state index in [2.05, 4.69) is 29.1 Å². The monoisotopic (exact) mass is 239 g/mol. The fourth-order valence-corrected chi connectivity index (χ4v) is 2.59. The highest BCUT2D eigenvalue weighted by Crippen LogP contribution is 2.36. The van der Waals surface area contributed by atoms with Crippen molar-refractivity contribution in [3.63, 3.8) is 0 Å². The highest BCUT2D eigenvalue weighted by molar-refractivity contribution is 6.32. The summed E-state index contributed by atoms with van der Waals surface area (Å²) in [5, 5.41) is 4.02. The minimum Gasteiger partial charge on any atom is -0.366 e. The topological polar surface area (TPSA) is 37.8 Å². The molecule has 2 rings (SSSR count). The predicted molar refractivity (Wildman–Crippen MR) is 66.7 cm³/mol. The molecule has 1 aliphatic carbocycles. The van der Waals surface area contributed by atoms with E-state index in [0.717, 1.165) is 5.82 Å². The summed E-state index contributed by atoms with van der Waals surface area (Å²) in [4.78, 5) is 8.05. The number of rotatable bonds is 2. The fourth-order valence-electron chi connectivity index (χ4n) is 2.43. The minimum absolute atomic E-state index is 0.426. The van der Waals surface area contributed by atoms with Crippen LogP contribution in [-0.2, 0) is 0 Å². The van der Waals surface area contributed by atoms with E-state index in [9.17, 15) is 0 Å². The number of aromatic nitrogens is 2. The third kappa shape index (κ3) is 2.85. The lowest BCUT2D eigenvalue weighted by Gasteiger charge is -2.35. The Bertz CT molecular complexity index is 365. The van der Waals surface area contributed by atoms with E-state index in [-0.39, 0.29) is 0 Å². The first-order chi connectivity index (χ1) is 7.57. The number of nitrogens with one attached hydrogen (secondary N) is 1. The van der Waals surface area contributed by atoms with Crippen LogP contribution in [0.2, 0.25) is 5.02 Å². The normalized spacial score (nSPS) is 24.1. The second-order valence-corrected chi connectivity index (χ2v) is 5.73. The second-order valence-electron chi connectivity index (χ2n) is 5.32. The molecule has 1 heterocycles. The molecule has 0 spiro atoms. The van der Waals surface area contributed by atoms with Crippen molar-refractivity contribution in [2.24, 2.45) is 5.41 Å². The molecule has 0 aromatic carbocycles. The Kier molecular flexibility index (Phi) is 3.33. The summed E-state index contributed by atoms with van der Waals surface area (Å²) < 4.78 is 0. The maximum absolute atomic E-state index is 6.03. The first-order valence-corrected chi connectivity index (χ1v) is 6.17. The molecule has 1 aliphatic rings. The van der Waals surface area contributed by atoms with Gasteiger partial charge in [0, 0.05) is 6.04 Å². The summed E-state index contributed by atoms with van der Waals surface area (Å²) in [6.07, 6.45) is 8.11. The van der Waals surface area contributed by atoms with Crippen LogP contribution in [0.3, 0.4) is 0 Å². The van der Waals surface area contributed by atoms with Crippen LogP contribution in [0.25, 0.3) is 0 Å². The maximum atomic E-state index is 6.03. The van der Waals surface area contributed by atoms with Crippen LogP contribution in [-0.4, -0.2) is 16.0 Å². The Hall–Kier alpha value is -0.830. The van der Waals surface area contributed by atoms with Gasteiger partial charge in [-0.2, -0.15) is 0 Å². The van der Waals surface area contributed by atoms with Gasteiger partial charge in [-0.15, -0.1) is 0 Å². The van der Waals surface area contributed by atoms with Gasteiger partial charge in [0.1, 0.15) is 17.2 Å². The molecule has 1 atom stereocenters. The van der Waals surface area contributed by atoms with E-state index in [1.54, 1.807) is 6.20 Å². The molecule has 0 radical (unpaired) electrons. The smallest absolute Gasteiger partial charge is 0.148 e. The Balaban J connectivity index is 2.02. The van der Waals surface area contributed by atoms with Gasteiger partial charge in [-0.25, -0.2) is 9.97 Å². The number of hydrogen-bond acceptors (Lipinski definition) is 3. The zero-order chi connectivity index (χ0) is 11.6. The molecule has 1 saturated carbocycles. The van der Waals surface area contributed by atoms with E-state index < -0.39 is 0 Å². The highest BCUT2D eigenvalue weighted by atomic mass is 35.5. The summed E-state index contributed by atoms with van der Waals surface area (Å²) in [6, 6.07) is 0.483. The summed E-state index contributed by atoms with van der Waals surface area (Å²) in [5.74, 6) is 0.763. The van der Waals surface area contributed by atoms with Gasteiger partial charge in [0.15, 0.2) is 0 Å². The van der Waals surface area contributed by atoms with Gasteiger partial charge in [0.25, 0.3) is 0 Å². The van der Waals surface area contributed by atoms with Crippen molar-refractivity contribution in [2.45, 2.75) is 45.6 Å². The molecule has 3 nitrogen and oxygen atoms in total. The summed E-state index contributed by atoms with van der Waals surface area (Å²) >= 11 is 6.03. The molecular weight excluding hydrogens is 222 g/mol. The van der Waals surface area contributed by atoms with Crippen LogP contribution < -0.4 is 5.32 Å². The Morgan fingerprint density at radius 1 is 1.50 bits per heavy atom. The second kappa shape index (κ2) is 4.58. The van der Waals surface area contributed by atoms with E-state index in [1.807, 2.05) is 0 Å². The van der Waals surface area contributed by atoms with Gasteiger partial charge in [0.05, 0.1) is 6.20 Å². The van der Waals surface area contributed by atoms with Crippen LogP contribution in [0, 0.1) is 5.41 Å². The summed E-state index contributed by atoms with van der Waals surface area (Å²) in [6.45, 7) is 4.64. The molecule has 0 saturated heterocycles. The first-order valence-electron chi connectivity index (χ1n) is 5.79. The number of hydrogen-bond donors (Lipinski definition) is 1. The lowest BCUT2D eigenvalue weighted by atomic mass is 9.75. The van der Waals surface area contributed by atoms with Crippen LogP contribution in [0.15, 0.2) is 12.5 Å². The van der Waals surface area contributed by atoms with Crippen molar-refractivity contribution in [1.29, 1.82) is 0 Å². The lowest BCUT2D eigenvalue weighted by molar-refractivity contribution is 0.229. The molecule has 4 heteroatoms. The molecule has 1 N–H and O–H groups in total. The molecular formula is C12H18ClN3. The van der Waals surface area contributed by atoms with Gasteiger partial charge in [-0.05, 0) is 24.7 Å².